The molecule has 3 aromatic rings. The minimum absolute atomic E-state index is 0.159. The topological polar surface area (TPSA) is 69.0 Å². The van der Waals surface area contributed by atoms with Gasteiger partial charge in [0.05, 0.1) is 5.69 Å². The Morgan fingerprint density at radius 2 is 2.19 bits per heavy atom. The van der Waals surface area contributed by atoms with E-state index >= 15 is 0 Å². The molecule has 8 heteroatoms. The van der Waals surface area contributed by atoms with Crippen molar-refractivity contribution in [3.63, 3.8) is 0 Å². The van der Waals surface area contributed by atoms with Crippen LogP contribution in [0.5, 0.6) is 0 Å². The van der Waals surface area contributed by atoms with E-state index in [9.17, 15) is 9.18 Å². The van der Waals surface area contributed by atoms with E-state index in [0.717, 1.165) is 29.7 Å². The summed E-state index contributed by atoms with van der Waals surface area (Å²) in [6.07, 6.45) is 3.11. The molecule has 0 saturated carbocycles. The van der Waals surface area contributed by atoms with E-state index in [2.05, 4.69) is 15.4 Å². The molecular weight excluding hydrogens is 355 g/mol. The highest BCUT2D eigenvalue weighted by atomic mass is 32.1. The highest BCUT2D eigenvalue weighted by Gasteiger charge is 2.24. The standard InChI is InChI=1S/C18H17FN4O2S/c1-23-9-13(16(22-23)11-4-6-12(19)7-5-11)14-10-26-18(20-14)21-17(24)15-3-2-8-25-15/h4-7,9-10,15H,2-3,8H2,1H3,(H,20,21,24)/t15-/m1/s1. The van der Waals surface area contributed by atoms with Gasteiger partial charge in [0.2, 0.25) is 0 Å². The van der Waals surface area contributed by atoms with Gasteiger partial charge >= 0.3 is 0 Å². The number of anilines is 1. The van der Waals surface area contributed by atoms with E-state index in [4.69, 9.17) is 4.74 Å². The summed E-state index contributed by atoms with van der Waals surface area (Å²) in [5, 5.41) is 9.68. The quantitative estimate of drug-likeness (QED) is 0.761. The van der Waals surface area contributed by atoms with Gasteiger partial charge in [-0.15, -0.1) is 11.3 Å². The molecule has 4 rings (SSSR count). The number of benzene rings is 1. The Labute approximate surface area is 153 Å². The average Bonchev–Trinajstić information content (AvgIpc) is 3.35. The van der Waals surface area contributed by atoms with Gasteiger partial charge in [0.15, 0.2) is 5.13 Å². The fourth-order valence-electron chi connectivity index (χ4n) is 2.92. The van der Waals surface area contributed by atoms with E-state index < -0.39 is 6.10 Å². The summed E-state index contributed by atoms with van der Waals surface area (Å²) in [5.74, 6) is -0.452. The van der Waals surface area contributed by atoms with E-state index in [1.54, 1.807) is 16.8 Å². The van der Waals surface area contributed by atoms with Gasteiger partial charge in [-0.1, -0.05) is 0 Å². The lowest BCUT2D eigenvalue weighted by Gasteiger charge is -2.07. The van der Waals surface area contributed by atoms with Crippen LogP contribution in [-0.4, -0.2) is 33.4 Å². The third kappa shape index (κ3) is 3.38. The number of ether oxygens (including phenoxy) is 1. The molecule has 1 fully saturated rings. The maximum atomic E-state index is 13.2. The second kappa shape index (κ2) is 6.97. The second-order valence-corrected chi connectivity index (χ2v) is 6.96. The molecule has 1 amide bonds. The molecule has 1 aliphatic rings. The number of rotatable bonds is 4. The lowest BCUT2D eigenvalue weighted by molar-refractivity contribution is -0.124. The molecule has 26 heavy (non-hydrogen) atoms. The van der Waals surface area contributed by atoms with Crippen LogP contribution in [0.2, 0.25) is 0 Å². The van der Waals surface area contributed by atoms with Crippen LogP contribution in [0.3, 0.4) is 0 Å². The van der Waals surface area contributed by atoms with Crippen LogP contribution in [-0.2, 0) is 16.6 Å². The molecule has 1 aliphatic heterocycles. The Hall–Kier alpha value is -2.58. The number of hydrogen-bond acceptors (Lipinski definition) is 5. The van der Waals surface area contributed by atoms with Gasteiger partial charge in [-0.2, -0.15) is 5.10 Å². The van der Waals surface area contributed by atoms with Crippen molar-refractivity contribution in [2.75, 3.05) is 11.9 Å². The van der Waals surface area contributed by atoms with Crippen LogP contribution >= 0.6 is 11.3 Å². The number of amides is 1. The number of aryl methyl sites for hydroxylation is 1. The summed E-state index contributed by atoms with van der Waals surface area (Å²) in [6, 6.07) is 6.19. The van der Waals surface area contributed by atoms with Crippen LogP contribution in [0.15, 0.2) is 35.8 Å². The van der Waals surface area contributed by atoms with Crippen LogP contribution in [0.4, 0.5) is 9.52 Å². The van der Waals surface area contributed by atoms with Gasteiger partial charge in [0.25, 0.3) is 5.91 Å². The maximum Gasteiger partial charge on any atom is 0.255 e. The molecular formula is C18H17FN4O2S. The minimum Gasteiger partial charge on any atom is -0.368 e. The molecule has 0 spiro atoms. The lowest BCUT2D eigenvalue weighted by atomic mass is 10.1. The molecule has 6 nitrogen and oxygen atoms in total. The molecule has 0 aliphatic carbocycles. The van der Waals surface area contributed by atoms with Crippen molar-refractivity contribution in [3.05, 3.63) is 41.7 Å². The Morgan fingerprint density at radius 1 is 1.38 bits per heavy atom. The average molecular weight is 372 g/mol. The predicted octanol–water partition coefficient (Wildman–Crippen LogP) is 3.47. The number of nitrogens with zero attached hydrogens (tertiary/aromatic N) is 3. The zero-order valence-electron chi connectivity index (χ0n) is 14.1. The molecule has 1 N–H and O–H groups in total. The Bertz CT molecular complexity index is 929. The number of halogens is 1. The lowest BCUT2D eigenvalue weighted by Crippen LogP contribution is -2.26. The SMILES string of the molecule is Cn1cc(-c2csc(NC(=O)[C@H]3CCCO3)n2)c(-c2ccc(F)cc2)n1. The van der Waals surface area contributed by atoms with Crippen LogP contribution in [0.1, 0.15) is 12.8 Å². The molecule has 1 saturated heterocycles. The first-order chi connectivity index (χ1) is 12.6. The largest absolute Gasteiger partial charge is 0.368 e. The second-order valence-electron chi connectivity index (χ2n) is 6.10. The Morgan fingerprint density at radius 3 is 2.92 bits per heavy atom. The fraction of sp³-hybridized carbons (Fsp3) is 0.278. The van der Waals surface area contributed by atoms with E-state index in [1.165, 1.54) is 23.5 Å². The predicted molar refractivity (Wildman–Crippen MR) is 97.3 cm³/mol. The van der Waals surface area contributed by atoms with Gasteiger partial charge in [0, 0.05) is 36.4 Å². The molecule has 1 atom stereocenters. The fourth-order valence-corrected chi connectivity index (χ4v) is 3.64. The van der Waals surface area contributed by atoms with Crippen molar-refractivity contribution in [2.24, 2.45) is 7.05 Å². The van der Waals surface area contributed by atoms with Gasteiger partial charge in [-0.3, -0.25) is 14.8 Å². The summed E-state index contributed by atoms with van der Waals surface area (Å²) < 4.78 is 20.3. The smallest absolute Gasteiger partial charge is 0.255 e. The molecule has 2 aromatic heterocycles. The Kier molecular flexibility index (Phi) is 4.52. The van der Waals surface area contributed by atoms with Crippen molar-refractivity contribution in [1.82, 2.24) is 14.8 Å². The Balaban J connectivity index is 1.59. The normalized spacial score (nSPS) is 16.8. The first kappa shape index (κ1) is 16.9. The summed E-state index contributed by atoms with van der Waals surface area (Å²) in [5.41, 5.74) is 3.06. The zero-order valence-corrected chi connectivity index (χ0v) is 14.9. The number of thiazole rings is 1. The minimum atomic E-state index is -0.393. The van der Waals surface area contributed by atoms with E-state index in [0.29, 0.717) is 17.4 Å². The van der Waals surface area contributed by atoms with Crippen molar-refractivity contribution in [3.8, 4) is 22.5 Å². The van der Waals surface area contributed by atoms with Crippen molar-refractivity contribution in [1.29, 1.82) is 0 Å². The van der Waals surface area contributed by atoms with Crippen LogP contribution in [0, 0.1) is 5.82 Å². The van der Waals surface area contributed by atoms with Gasteiger partial charge in [0.1, 0.15) is 17.6 Å². The zero-order chi connectivity index (χ0) is 18.1. The summed E-state index contributed by atoms with van der Waals surface area (Å²) in [7, 11) is 1.82. The third-order valence-corrected chi connectivity index (χ3v) is 4.94. The molecule has 3 heterocycles. The summed E-state index contributed by atoms with van der Waals surface area (Å²) >= 11 is 1.35. The maximum absolute atomic E-state index is 13.2. The molecule has 0 radical (unpaired) electrons. The first-order valence-electron chi connectivity index (χ1n) is 8.28. The number of carbonyl (C=O) groups excluding carboxylic acids is 1. The molecule has 134 valence electrons. The van der Waals surface area contributed by atoms with Gasteiger partial charge in [-0.05, 0) is 37.1 Å². The number of aromatic nitrogens is 3. The number of nitrogens with one attached hydrogen (secondary N) is 1. The molecule has 1 aromatic carbocycles. The molecule has 0 bridgehead atoms. The van der Waals surface area contributed by atoms with Crippen molar-refractivity contribution >= 4 is 22.4 Å². The summed E-state index contributed by atoms with van der Waals surface area (Å²) in [6.45, 7) is 0.623. The van der Waals surface area contributed by atoms with Crippen molar-refractivity contribution < 1.29 is 13.9 Å². The van der Waals surface area contributed by atoms with Crippen LogP contribution < -0.4 is 5.32 Å². The number of carbonyl (C=O) groups is 1. The highest BCUT2D eigenvalue weighted by Crippen LogP contribution is 2.33. The van der Waals surface area contributed by atoms with Crippen molar-refractivity contribution in [2.45, 2.75) is 18.9 Å². The third-order valence-electron chi connectivity index (χ3n) is 4.18. The first-order valence-corrected chi connectivity index (χ1v) is 9.16. The van der Waals surface area contributed by atoms with E-state index in [1.807, 2.05) is 18.6 Å². The molecule has 0 unspecified atom stereocenters. The highest BCUT2D eigenvalue weighted by molar-refractivity contribution is 7.14. The number of hydrogen-bond donors (Lipinski definition) is 1. The summed E-state index contributed by atoms with van der Waals surface area (Å²) in [4.78, 5) is 16.7. The van der Waals surface area contributed by atoms with E-state index in [-0.39, 0.29) is 11.7 Å². The van der Waals surface area contributed by atoms with Crippen LogP contribution in [0.25, 0.3) is 22.5 Å². The van der Waals surface area contributed by atoms with Gasteiger partial charge in [-0.25, -0.2) is 9.37 Å². The monoisotopic (exact) mass is 372 g/mol. The van der Waals surface area contributed by atoms with Gasteiger partial charge < -0.3 is 4.74 Å².